The summed E-state index contributed by atoms with van der Waals surface area (Å²) >= 11 is 0. The molecule has 0 saturated heterocycles. The highest BCUT2D eigenvalue weighted by Crippen LogP contribution is 2.31. The highest BCUT2D eigenvalue weighted by atomic mass is 19.1. The zero-order chi connectivity index (χ0) is 14.4. The summed E-state index contributed by atoms with van der Waals surface area (Å²) in [4.78, 5) is 49.4. The van der Waals surface area contributed by atoms with Gasteiger partial charge in [-0.3, -0.25) is 19.2 Å². The summed E-state index contributed by atoms with van der Waals surface area (Å²) in [6.07, 6.45) is 0.596. The molecular formula is C14H8FNO4. The van der Waals surface area contributed by atoms with Gasteiger partial charge in [-0.1, -0.05) is 6.07 Å². The molecule has 20 heavy (non-hydrogen) atoms. The van der Waals surface area contributed by atoms with Crippen LogP contribution in [0.1, 0.15) is 17.9 Å². The number of fused-ring (bicyclic) bond motifs is 1. The highest BCUT2D eigenvalue weighted by Gasteiger charge is 2.43. The molecule has 1 saturated carbocycles. The zero-order valence-electron chi connectivity index (χ0n) is 10.1. The summed E-state index contributed by atoms with van der Waals surface area (Å²) < 4.78 is 13.9. The standard InChI is InChI=1S/C14H8FNO4/c15-7-2-1-3-8-11(7)6(5-16-8)12-13(19)9(17)4-10(18)14(12)20/h1-3,5,12,16H,4H2. The summed E-state index contributed by atoms with van der Waals surface area (Å²) in [5, 5.41) is 0.0571. The van der Waals surface area contributed by atoms with Crippen molar-refractivity contribution in [2.45, 2.75) is 12.3 Å². The van der Waals surface area contributed by atoms with E-state index in [1.165, 1.54) is 18.3 Å². The van der Waals surface area contributed by atoms with Crippen molar-refractivity contribution >= 4 is 34.0 Å². The van der Waals surface area contributed by atoms with Gasteiger partial charge in [-0.15, -0.1) is 0 Å². The Morgan fingerprint density at radius 1 is 1.05 bits per heavy atom. The lowest BCUT2D eigenvalue weighted by molar-refractivity contribution is -0.149. The number of carbonyl (C=O) groups excluding carboxylic acids is 4. The number of H-pyrrole nitrogens is 1. The minimum Gasteiger partial charge on any atom is -0.361 e. The van der Waals surface area contributed by atoms with Crippen LogP contribution in [0, 0.1) is 5.82 Å². The van der Waals surface area contributed by atoms with Gasteiger partial charge < -0.3 is 4.98 Å². The molecule has 1 aromatic heterocycles. The zero-order valence-corrected chi connectivity index (χ0v) is 10.1. The number of Topliss-reactive ketones (excluding diaryl/α,β-unsaturated/α-hetero) is 4. The molecule has 0 amide bonds. The minimum absolute atomic E-state index is 0.0366. The third-order valence-corrected chi connectivity index (χ3v) is 3.39. The van der Waals surface area contributed by atoms with Gasteiger partial charge in [0, 0.05) is 17.1 Å². The molecule has 0 aliphatic heterocycles. The lowest BCUT2D eigenvalue weighted by Crippen LogP contribution is -2.40. The molecule has 5 nitrogen and oxygen atoms in total. The van der Waals surface area contributed by atoms with Crippen molar-refractivity contribution in [2.24, 2.45) is 0 Å². The fourth-order valence-corrected chi connectivity index (χ4v) is 2.44. The predicted octanol–water partition coefficient (Wildman–Crippen LogP) is 1.07. The number of ketones is 4. The average Bonchev–Trinajstić information content (AvgIpc) is 2.82. The third kappa shape index (κ3) is 1.61. The first-order valence-electron chi connectivity index (χ1n) is 5.90. The van der Waals surface area contributed by atoms with Crippen LogP contribution in [0.5, 0.6) is 0 Å². The first kappa shape index (κ1) is 12.4. The molecule has 0 radical (unpaired) electrons. The molecule has 1 fully saturated rings. The number of aromatic amines is 1. The molecule has 1 aromatic carbocycles. The monoisotopic (exact) mass is 273 g/mol. The predicted molar refractivity (Wildman–Crippen MR) is 65.6 cm³/mol. The van der Waals surface area contributed by atoms with Crippen LogP contribution in [0.25, 0.3) is 10.9 Å². The average molecular weight is 273 g/mol. The number of rotatable bonds is 1. The van der Waals surface area contributed by atoms with Gasteiger partial charge >= 0.3 is 0 Å². The van der Waals surface area contributed by atoms with Gasteiger partial charge in [0.15, 0.2) is 0 Å². The van der Waals surface area contributed by atoms with E-state index in [1.807, 2.05) is 0 Å². The Labute approximate surface area is 111 Å². The van der Waals surface area contributed by atoms with Crippen molar-refractivity contribution in [1.29, 1.82) is 0 Å². The summed E-state index contributed by atoms with van der Waals surface area (Å²) in [6, 6.07) is 4.23. The molecule has 3 rings (SSSR count). The van der Waals surface area contributed by atoms with Crippen LogP contribution in [0.3, 0.4) is 0 Å². The van der Waals surface area contributed by atoms with E-state index in [9.17, 15) is 23.6 Å². The van der Waals surface area contributed by atoms with E-state index in [4.69, 9.17) is 0 Å². The minimum atomic E-state index is -1.53. The second-order valence-electron chi connectivity index (χ2n) is 4.59. The Morgan fingerprint density at radius 3 is 2.35 bits per heavy atom. The molecule has 0 spiro atoms. The number of aromatic nitrogens is 1. The van der Waals surface area contributed by atoms with E-state index in [2.05, 4.69) is 4.98 Å². The van der Waals surface area contributed by atoms with Gasteiger partial charge in [-0.25, -0.2) is 4.39 Å². The third-order valence-electron chi connectivity index (χ3n) is 3.39. The first-order valence-corrected chi connectivity index (χ1v) is 5.90. The van der Waals surface area contributed by atoms with Crippen LogP contribution in [0.4, 0.5) is 4.39 Å². The number of halogens is 1. The Bertz CT molecular complexity index is 764. The van der Waals surface area contributed by atoms with E-state index in [0.717, 1.165) is 0 Å². The number of carbonyl (C=O) groups is 4. The van der Waals surface area contributed by atoms with Crippen LogP contribution in [-0.4, -0.2) is 28.1 Å². The maximum Gasteiger partial charge on any atom is 0.214 e. The molecule has 1 heterocycles. The van der Waals surface area contributed by atoms with E-state index < -0.39 is 41.3 Å². The fourth-order valence-electron chi connectivity index (χ4n) is 2.44. The van der Waals surface area contributed by atoms with Crippen molar-refractivity contribution in [3.63, 3.8) is 0 Å². The lowest BCUT2D eigenvalue weighted by Gasteiger charge is -2.17. The Kier molecular flexibility index (Phi) is 2.60. The summed E-state index contributed by atoms with van der Waals surface area (Å²) in [7, 11) is 0. The molecule has 1 aliphatic rings. The SMILES string of the molecule is O=C1CC(=O)C(=O)C(c2c[nH]c3cccc(F)c23)C1=O. The van der Waals surface area contributed by atoms with Gasteiger partial charge in [-0.05, 0) is 17.7 Å². The topological polar surface area (TPSA) is 84.1 Å². The van der Waals surface area contributed by atoms with Crippen LogP contribution in [-0.2, 0) is 19.2 Å². The van der Waals surface area contributed by atoms with E-state index in [0.29, 0.717) is 5.52 Å². The Morgan fingerprint density at radius 2 is 1.70 bits per heavy atom. The quantitative estimate of drug-likeness (QED) is 0.622. The van der Waals surface area contributed by atoms with Crippen LogP contribution >= 0.6 is 0 Å². The number of hydrogen-bond acceptors (Lipinski definition) is 4. The maximum atomic E-state index is 13.9. The summed E-state index contributed by atoms with van der Waals surface area (Å²) in [6.45, 7) is 0. The number of benzene rings is 1. The van der Waals surface area contributed by atoms with Gasteiger partial charge in [0.05, 0.1) is 6.42 Å². The molecule has 0 bridgehead atoms. The van der Waals surface area contributed by atoms with Gasteiger partial charge in [-0.2, -0.15) is 0 Å². The largest absolute Gasteiger partial charge is 0.361 e. The molecule has 100 valence electrons. The van der Waals surface area contributed by atoms with Crippen LogP contribution in [0.15, 0.2) is 24.4 Å². The highest BCUT2D eigenvalue weighted by molar-refractivity contribution is 6.61. The molecule has 0 unspecified atom stereocenters. The molecule has 0 atom stereocenters. The lowest BCUT2D eigenvalue weighted by atomic mass is 9.80. The fraction of sp³-hybridized carbons (Fsp3) is 0.143. The van der Waals surface area contributed by atoms with Crippen molar-refractivity contribution in [3.8, 4) is 0 Å². The van der Waals surface area contributed by atoms with Gasteiger partial charge in [0.2, 0.25) is 23.1 Å². The second-order valence-corrected chi connectivity index (χ2v) is 4.59. The number of hydrogen-bond donors (Lipinski definition) is 1. The summed E-state index contributed by atoms with van der Waals surface area (Å²) in [5.74, 6) is -5.90. The molecule has 1 aliphatic carbocycles. The normalized spacial score (nSPS) is 17.2. The molecule has 1 N–H and O–H groups in total. The van der Waals surface area contributed by atoms with Crippen molar-refractivity contribution in [2.75, 3.05) is 0 Å². The Hall–Kier alpha value is -2.63. The van der Waals surface area contributed by atoms with Crippen molar-refractivity contribution in [1.82, 2.24) is 4.98 Å². The van der Waals surface area contributed by atoms with E-state index >= 15 is 0 Å². The molecule has 2 aromatic rings. The number of nitrogens with one attached hydrogen (secondary N) is 1. The van der Waals surface area contributed by atoms with Gasteiger partial charge in [0.25, 0.3) is 0 Å². The van der Waals surface area contributed by atoms with Crippen LogP contribution < -0.4 is 0 Å². The summed E-state index contributed by atoms with van der Waals surface area (Å²) in [5.41, 5.74) is 0.431. The molecular weight excluding hydrogens is 265 g/mol. The second kappa shape index (κ2) is 4.19. The smallest absolute Gasteiger partial charge is 0.214 e. The molecule has 6 heteroatoms. The van der Waals surface area contributed by atoms with E-state index in [1.54, 1.807) is 6.07 Å². The van der Waals surface area contributed by atoms with Crippen molar-refractivity contribution in [3.05, 3.63) is 35.8 Å². The van der Waals surface area contributed by atoms with E-state index in [-0.39, 0.29) is 10.9 Å². The van der Waals surface area contributed by atoms with Gasteiger partial charge in [0.1, 0.15) is 11.7 Å². The van der Waals surface area contributed by atoms with Crippen molar-refractivity contribution < 1.29 is 23.6 Å². The van der Waals surface area contributed by atoms with Crippen LogP contribution in [0.2, 0.25) is 0 Å². The Balaban J connectivity index is 2.23. The maximum absolute atomic E-state index is 13.9. The first-order chi connectivity index (χ1) is 9.50.